The van der Waals surface area contributed by atoms with Crippen LogP contribution in [0.3, 0.4) is 0 Å². The molecule has 2 amide bonds. The number of methoxy groups -OCH3 is 1. The summed E-state index contributed by atoms with van der Waals surface area (Å²) < 4.78 is 5.22. The summed E-state index contributed by atoms with van der Waals surface area (Å²) in [5.41, 5.74) is 2.65. The topological polar surface area (TPSA) is 44.8 Å². The Morgan fingerprint density at radius 2 is 2.03 bits per heavy atom. The molecule has 0 saturated carbocycles. The molecule has 0 unspecified atom stereocenters. The summed E-state index contributed by atoms with van der Waals surface area (Å²) in [6.07, 6.45) is 10.2. The smallest absolute Gasteiger partial charge is 0.318 e. The van der Waals surface area contributed by atoms with E-state index in [2.05, 4.69) is 21.2 Å². The number of amides is 2. The van der Waals surface area contributed by atoms with Crippen LogP contribution >= 0.6 is 0 Å². The van der Waals surface area contributed by atoms with Gasteiger partial charge in [0.2, 0.25) is 0 Å². The number of likely N-dealkylation sites (tertiary alicyclic amines) is 1. The first kappa shape index (κ1) is 19.0. The zero-order valence-corrected chi connectivity index (χ0v) is 17.5. The fourth-order valence-corrected chi connectivity index (χ4v) is 6.22. The predicted octanol–water partition coefficient (Wildman–Crippen LogP) is 3.80. The maximum absolute atomic E-state index is 13.1. The van der Waals surface area contributed by atoms with Crippen LogP contribution < -0.4 is 10.1 Å². The van der Waals surface area contributed by atoms with Crippen molar-refractivity contribution in [3.05, 3.63) is 41.5 Å². The Morgan fingerprint density at radius 1 is 1.17 bits per heavy atom. The number of ether oxygens (including phenoxy) is 1. The molecule has 1 aromatic carbocycles. The SMILES string of the molecule is COc1ccc(CNC(=O)N2CCCC3=C[C@@H]4C[C@H](CN5CCCC[C@@H]45)[C@H]32)cc1. The molecule has 0 aromatic heterocycles. The number of carbonyl (C=O) groups is 1. The van der Waals surface area contributed by atoms with Gasteiger partial charge in [-0.2, -0.15) is 0 Å². The Morgan fingerprint density at radius 3 is 2.86 bits per heavy atom. The molecule has 156 valence electrons. The van der Waals surface area contributed by atoms with Gasteiger partial charge in [-0.15, -0.1) is 0 Å². The second-order valence-corrected chi connectivity index (χ2v) is 9.21. The lowest BCUT2D eigenvalue weighted by Gasteiger charge is -2.54. The van der Waals surface area contributed by atoms with Gasteiger partial charge in [0.05, 0.1) is 13.2 Å². The van der Waals surface area contributed by atoms with Crippen LogP contribution in [-0.2, 0) is 6.54 Å². The van der Waals surface area contributed by atoms with Gasteiger partial charge in [0, 0.05) is 25.7 Å². The van der Waals surface area contributed by atoms with Crippen LogP contribution in [0.25, 0.3) is 0 Å². The monoisotopic (exact) mass is 395 g/mol. The zero-order chi connectivity index (χ0) is 19.8. The molecule has 5 rings (SSSR count). The lowest BCUT2D eigenvalue weighted by atomic mass is 9.68. The summed E-state index contributed by atoms with van der Waals surface area (Å²) in [6.45, 7) is 3.86. The number of benzene rings is 1. The molecular weight excluding hydrogens is 362 g/mol. The third kappa shape index (κ3) is 3.65. The maximum Gasteiger partial charge on any atom is 0.318 e. The van der Waals surface area contributed by atoms with Crippen molar-refractivity contribution < 1.29 is 9.53 Å². The fraction of sp³-hybridized carbons (Fsp3) is 0.625. The van der Waals surface area contributed by atoms with Crippen molar-refractivity contribution >= 4 is 6.03 Å². The maximum atomic E-state index is 13.1. The fourth-order valence-electron chi connectivity index (χ4n) is 6.22. The first-order valence-electron chi connectivity index (χ1n) is 11.3. The van der Waals surface area contributed by atoms with Gasteiger partial charge in [-0.3, -0.25) is 4.90 Å². The Balaban J connectivity index is 1.29. The van der Waals surface area contributed by atoms with Crippen molar-refractivity contribution in [3.63, 3.8) is 0 Å². The van der Waals surface area contributed by atoms with E-state index in [4.69, 9.17) is 4.74 Å². The van der Waals surface area contributed by atoms with E-state index in [0.717, 1.165) is 30.3 Å². The van der Waals surface area contributed by atoms with Gasteiger partial charge in [-0.25, -0.2) is 4.79 Å². The van der Waals surface area contributed by atoms with E-state index in [1.54, 1.807) is 12.7 Å². The molecule has 1 aromatic rings. The number of nitrogens with zero attached hydrogens (tertiary/aromatic N) is 2. The van der Waals surface area contributed by atoms with E-state index >= 15 is 0 Å². The molecule has 4 atom stereocenters. The van der Waals surface area contributed by atoms with Crippen LogP contribution in [0.5, 0.6) is 5.75 Å². The van der Waals surface area contributed by atoms with Crippen molar-refractivity contribution in [1.82, 2.24) is 15.1 Å². The lowest BCUT2D eigenvalue weighted by Crippen LogP contribution is -2.61. The Bertz CT molecular complexity index is 775. The summed E-state index contributed by atoms with van der Waals surface area (Å²) >= 11 is 0. The normalized spacial score (nSPS) is 31.3. The minimum absolute atomic E-state index is 0.0932. The Labute approximate surface area is 174 Å². The van der Waals surface area contributed by atoms with Gasteiger partial charge < -0.3 is 15.0 Å². The van der Waals surface area contributed by atoms with Crippen LogP contribution in [-0.4, -0.2) is 54.7 Å². The summed E-state index contributed by atoms with van der Waals surface area (Å²) in [5.74, 6) is 2.15. The predicted molar refractivity (Wildman–Crippen MR) is 114 cm³/mol. The van der Waals surface area contributed by atoms with Gasteiger partial charge in [-0.1, -0.05) is 30.2 Å². The molecule has 1 N–H and O–H groups in total. The minimum atomic E-state index is 0.0932. The molecule has 5 heteroatoms. The highest BCUT2D eigenvalue weighted by Crippen LogP contribution is 2.44. The van der Waals surface area contributed by atoms with Gasteiger partial charge in [-0.05, 0) is 68.2 Å². The highest BCUT2D eigenvalue weighted by atomic mass is 16.5. The third-order valence-electron chi connectivity index (χ3n) is 7.52. The van der Waals surface area contributed by atoms with Gasteiger partial charge >= 0.3 is 6.03 Å². The first-order valence-corrected chi connectivity index (χ1v) is 11.3. The number of rotatable bonds is 3. The molecule has 3 fully saturated rings. The molecule has 4 aliphatic rings. The number of hydrogen-bond acceptors (Lipinski definition) is 3. The summed E-state index contributed by atoms with van der Waals surface area (Å²) in [5, 5.41) is 3.17. The van der Waals surface area contributed by atoms with E-state index in [1.165, 1.54) is 45.2 Å². The molecular formula is C24H33N3O2. The quantitative estimate of drug-likeness (QED) is 0.792. The van der Waals surface area contributed by atoms with Crippen LogP contribution in [0.2, 0.25) is 0 Å². The van der Waals surface area contributed by atoms with Gasteiger partial charge in [0.1, 0.15) is 5.75 Å². The van der Waals surface area contributed by atoms with Crippen molar-refractivity contribution in [2.75, 3.05) is 26.7 Å². The highest BCUT2D eigenvalue weighted by Gasteiger charge is 2.46. The average molecular weight is 396 g/mol. The molecule has 0 radical (unpaired) electrons. The minimum Gasteiger partial charge on any atom is -0.497 e. The van der Waals surface area contributed by atoms with Crippen LogP contribution in [0, 0.1) is 11.8 Å². The zero-order valence-electron chi connectivity index (χ0n) is 17.5. The van der Waals surface area contributed by atoms with E-state index in [0.29, 0.717) is 24.4 Å². The summed E-state index contributed by atoms with van der Waals surface area (Å²) in [4.78, 5) is 18.0. The molecule has 2 bridgehead atoms. The Hall–Kier alpha value is -2.01. The largest absolute Gasteiger partial charge is 0.497 e. The van der Waals surface area contributed by atoms with E-state index in [9.17, 15) is 4.79 Å². The third-order valence-corrected chi connectivity index (χ3v) is 7.52. The number of carbonyl (C=O) groups excluding carboxylic acids is 1. The number of piperidine rings is 3. The van der Waals surface area contributed by atoms with E-state index in [-0.39, 0.29) is 6.03 Å². The molecule has 29 heavy (non-hydrogen) atoms. The van der Waals surface area contributed by atoms with Crippen molar-refractivity contribution in [1.29, 1.82) is 0 Å². The van der Waals surface area contributed by atoms with Crippen molar-refractivity contribution in [3.8, 4) is 5.75 Å². The second-order valence-electron chi connectivity index (χ2n) is 9.21. The second kappa shape index (κ2) is 8.02. The number of hydrogen-bond donors (Lipinski definition) is 1. The van der Waals surface area contributed by atoms with Crippen molar-refractivity contribution in [2.24, 2.45) is 11.8 Å². The average Bonchev–Trinajstić information content (AvgIpc) is 2.77. The van der Waals surface area contributed by atoms with Crippen LogP contribution in [0.15, 0.2) is 35.9 Å². The highest BCUT2D eigenvalue weighted by molar-refractivity contribution is 5.75. The van der Waals surface area contributed by atoms with Gasteiger partial charge in [0.25, 0.3) is 0 Å². The lowest BCUT2D eigenvalue weighted by molar-refractivity contribution is 0.00788. The molecule has 0 spiro atoms. The summed E-state index contributed by atoms with van der Waals surface area (Å²) in [7, 11) is 1.67. The van der Waals surface area contributed by atoms with Gasteiger partial charge in [0.15, 0.2) is 0 Å². The van der Waals surface area contributed by atoms with E-state index < -0.39 is 0 Å². The number of urea groups is 1. The first-order chi connectivity index (χ1) is 14.2. The number of fused-ring (bicyclic) bond motifs is 6. The van der Waals surface area contributed by atoms with E-state index in [1.807, 2.05) is 24.3 Å². The molecule has 3 heterocycles. The molecule has 3 saturated heterocycles. The van der Waals surface area contributed by atoms with Crippen molar-refractivity contribution in [2.45, 2.75) is 57.2 Å². The molecule has 5 nitrogen and oxygen atoms in total. The van der Waals surface area contributed by atoms with Crippen LogP contribution in [0.4, 0.5) is 4.79 Å². The van der Waals surface area contributed by atoms with Crippen LogP contribution in [0.1, 0.15) is 44.1 Å². The molecule has 1 aliphatic carbocycles. The number of nitrogens with one attached hydrogen (secondary N) is 1. The summed E-state index contributed by atoms with van der Waals surface area (Å²) in [6, 6.07) is 9.08. The molecule has 3 aliphatic heterocycles. The Kier molecular flexibility index (Phi) is 5.25. The standard InChI is InChI=1S/C24H33N3O2/c1-29-21-9-7-17(8-10-21)15-25-24(28)27-12-4-5-18-13-19-14-20(23(18)27)16-26-11-3-2-6-22(19)26/h7-10,13,19-20,22-23H,2-6,11-12,14-16H2,1H3,(H,25,28)/t19-,20-,22+,23+/m1/s1.